The number of nitrogens with zero attached hydrogens (tertiary/aromatic N) is 1. The molecular formula is C13H24IN3O. The number of nitrogens with one attached hydrogen (secondary N) is 2. The van der Waals surface area contributed by atoms with Crippen molar-refractivity contribution < 1.29 is 5.11 Å². The van der Waals surface area contributed by atoms with Crippen LogP contribution in [0.4, 0.5) is 0 Å². The van der Waals surface area contributed by atoms with Gasteiger partial charge in [0.1, 0.15) is 0 Å². The van der Waals surface area contributed by atoms with Crippen LogP contribution in [0.1, 0.15) is 32.1 Å². The number of guanidine groups is 1. The Bertz CT molecular complexity index is 282. The van der Waals surface area contributed by atoms with E-state index in [2.05, 4.69) is 21.5 Å². The van der Waals surface area contributed by atoms with Gasteiger partial charge in [-0.3, -0.25) is 4.99 Å². The Labute approximate surface area is 127 Å². The fourth-order valence-corrected chi connectivity index (χ4v) is 2.24. The van der Waals surface area contributed by atoms with Gasteiger partial charge >= 0.3 is 0 Å². The fraction of sp³-hybridized carbons (Fsp3) is 0.769. The van der Waals surface area contributed by atoms with Crippen LogP contribution in [0.2, 0.25) is 0 Å². The predicted molar refractivity (Wildman–Crippen MR) is 86.2 cm³/mol. The number of aliphatic hydroxyl groups excluding tert-OH is 1. The highest BCUT2D eigenvalue weighted by Crippen LogP contribution is 2.26. The molecule has 0 bridgehead atoms. The number of halogens is 1. The van der Waals surface area contributed by atoms with Crippen LogP contribution < -0.4 is 10.6 Å². The van der Waals surface area contributed by atoms with Crippen LogP contribution in [0.15, 0.2) is 4.99 Å². The number of aliphatic hydroxyl groups is 1. The van der Waals surface area contributed by atoms with E-state index in [1.54, 1.807) is 7.05 Å². The summed E-state index contributed by atoms with van der Waals surface area (Å²) < 4.78 is 0. The molecule has 0 saturated heterocycles. The van der Waals surface area contributed by atoms with E-state index in [1.807, 2.05) is 0 Å². The number of hydrogen-bond acceptors (Lipinski definition) is 2. The molecule has 0 aromatic heterocycles. The number of hydrogen-bond donors (Lipinski definition) is 3. The molecule has 1 atom stereocenters. The normalized spacial score (nSPS) is 18.4. The second-order valence-electron chi connectivity index (χ2n) is 4.48. The van der Waals surface area contributed by atoms with Crippen molar-refractivity contribution in [1.29, 1.82) is 0 Å². The van der Waals surface area contributed by atoms with Gasteiger partial charge < -0.3 is 15.7 Å². The number of terminal acetylenes is 1. The summed E-state index contributed by atoms with van der Waals surface area (Å²) in [5.41, 5.74) is 0. The van der Waals surface area contributed by atoms with Crippen molar-refractivity contribution in [2.75, 3.05) is 20.1 Å². The van der Waals surface area contributed by atoms with Crippen molar-refractivity contribution in [2.24, 2.45) is 10.9 Å². The molecule has 1 rings (SSSR count). The Balaban J connectivity index is 0.00000289. The van der Waals surface area contributed by atoms with E-state index in [0.717, 1.165) is 12.8 Å². The van der Waals surface area contributed by atoms with E-state index < -0.39 is 0 Å². The van der Waals surface area contributed by atoms with Crippen molar-refractivity contribution in [3.8, 4) is 12.3 Å². The maximum Gasteiger partial charge on any atom is 0.191 e. The van der Waals surface area contributed by atoms with Gasteiger partial charge in [-0.1, -0.05) is 25.2 Å². The van der Waals surface area contributed by atoms with Crippen LogP contribution in [0.3, 0.4) is 0 Å². The molecule has 1 saturated carbocycles. The van der Waals surface area contributed by atoms with E-state index in [1.165, 1.54) is 19.3 Å². The zero-order chi connectivity index (χ0) is 12.5. The molecule has 0 amide bonds. The number of rotatable bonds is 4. The maximum atomic E-state index is 10.1. The molecular weight excluding hydrogens is 341 g/mol. The van der Waals surface area contributed by atoms with Crippen LogP contribution in [-0.4, -0.2) is 37.3 Å². The summed E-state index contributed by atoms with van der Waals surface area (Å²) in [6.45, 7) is 0.980. The summed E-state index contributed by atoms with van der Waals surface area (Å²) >= 11 is 0. The van der Waals surface area contributed by atoms with Crippen LogP contribution >= 0.6 is 24.0 Å². The van der Waals surface area contributed by atoms with Gasteiger partial charge in [0.15, 0.2) is 5.96 Å². The Morgan fingerprint density at radius 3 is 2.61 bits per heavy atom. The fourth-order valence-electron chi connectivity index (χ4n) is 2.24. The molecule has 104 valence electrons. The Hall–Kier alpha value is -0.480. The lowest BCUT2D eigenvalue weighted by atomic mass is 9.85. The van der Waals surface area contributed by atoms with E-state index in [-0.39, 0.29) is 30.1 Å². The lowest BCUT2D eigenvalue weighted by molar-refractivity contribution is 0.0880. The molecule has 0 radical (unpaired) electrons. The minimum Gasteiger partial charge on any atom is -0.391 e. The lowest BCUT2D eigenvalue weighted by Gasteiger charge is -2.27. The summed E-state index contributed by atoms with van der Waals surface area (Å²) in [5.74, 6) is 3.57. The number of aliphatic imine (C=N–C) groups is 1. The zero-order valence-electron chi connectivity index (χ0n) is 11.0. The van der Waals surface area contributed by atoms with Crippen molar-refractivity contribution in [3.63, 3.8) is 0 Å². The summed E-state index contributed by atoms with van der Waals surface area (Å²) in [7, 11) is 1.69. The van der Waals surface area contributed by atoms with Crippen molar-refractivity contribution in [3.05, 3.63) is 0 Å². The quantitative estimate of drug-likeness (QED) is 0.305. The summed E-state index contributed by atoms with van der Waals surface area (Å²) in [6, 6.07) is 0. The van der Waals surface area contributed by atoms with Crippen LogP contribution in [0.5, 0.6) is 0 Å². The second-order valence-corrected chi connectivity index (χ2v) is 4.48. The van der Waals surface area contributed by atoms with Crippen molar-refractivity contribution >= 4 is 29.9 Å². The second kappa shape index (κ2) is 10.4. The average molecular weight is 365 g/mol. The third-order valence-electron chi connectivity index (χ3n) is 3.25. The lowest BCUT2D eigenvalue weighted by Crippen LogP contribution is -2.43. The van der Waals surface area contributed by atoms with Crippen LogP contribution in [-0.2, 0) is 0 Å². The maximum absolute atomic E-state index is 10.1. The molecule has 1 aliphatic carbocycles. The van der Waals surface area contributed by atoms with E-state index in [0.29, 0.717) is 25.0 Å². The van der Waals surface area contributed by atoms with E-state index in [4.69, 9.17) is 6.42 Å². The van der Waals surface area contributed by atoms with Gasteiger partial charge in [0.25, 0.3) is 0 Å². The molecule has 0 aromatic rings. The third-order valence-corrected chi connectivity index (χ3v) is 3.25. The topological polar surface area (TPSA) is 56.7 Å². The minimum absolute atomic E-state index is 0. The standard InChI is InChI=1S/C13H23N3O.HI/c1-3-9-15-13(14-2)16-10-12(17)11-7-5-4-6-8-11;/h1,11-12,17H,4-10H2,2H3,(H2,14,15,16);1H. The molecule has 0 heterocycles. The summed E-state index contributed by atoms with van der Waals surface area (Å²) in [5, 5.41) is 16.1. The molecule has 1 aliphatic rings. The minimum atomic E-state index is -0.292. The van der Waals surface area contributed by atoms with Gasteiger partial charge in [-0.15, -0.1) is 30.4 Å². The molecule has 0 spiro atoms. The zero-order valence-corrected chi connectivity index (χ0v) is 13.3. The molecule has 0 aromatic carbocycles. The monoisotopic (exact) mass is 365 g/mol. The van der Waals surface area contributed by atoms with Crippen molar-refractivity contribution in [2.45, 2.75) is 38.2 Å². The van der Waals surface area contributed by atoms with Crippen LogP contribution in [0.25, 0.3) is 0 Å². The molecule has 4 nitrogen and oxygen atoms in total. The molecule has 1 fully saturated rings. The SMILES string of the molecule is C#CCNC(=NC)NCC(O)C1CCCCC1.I. The van der Waals surface area contributed by atoms with Gasteiger partial charge in [-0.2, -0.15) is 0 Å². The first-order valence-corrected chi connectivity index (χ1v) is 6.34. The molecule has 0 aliphatic heterocycles. The molecule has 1 unspecified atom stereocenters. The summed E-state index contributed by atoms with van der Waals surface area (Å²) in [6.07, 6.45) is 10.9. The first kappa shape index (κ1) is 17.5. The van der Waals surface area contributed by atoms with Crippen molar-refractivity contribution in [1.82, 2.24) is 10.6 Å². The molecule has 5 heteroatoms. The highest BCUT2D eigenvalue weighted by Gasteiger charge is 2.21. The Morgan fingerprint density at radius 1 is 1.39 bits per heavy atom. The smallest absolute Gasteiger partial charge is 0.191 e. The first-order valence-electron chi connectivity index (χ1n) is 6.34. The third kappa shape index (κ3) is 6.45. The Morgan fingerprint density at radius 2 is 2.06 bits per heavy atom. The van der Waals surface area contributed by atoms with Crippen LogP contribution in [0, 0.1) is 18.3 Å². The van der Waals surface area contributed by atoms with E-state index >= 15 is 0 Å². The Kier molecular flexibility index (Phi) is 10.2. The molecule has 18 heavy (non-hydrogen) atoms. The molecule has 3 N–H and O–H groups in total. The van der Waals surface area contributed by atoms with Gasteiger partial charge in [0.05, 0.1) is 12.6 Å². The van der Waals surface area contributed by atoms with Gasteiger partial charge in [-0.05, 0) is 18.8 Å². The van der Waals surface area contributed by atoms with Gasteiger partial charge in [0.2, 0.25) is 0 Å². The van der Waals surface area contributed by atoms with Gasteiger partial charge in [-0.25, -0.2) is 0 Å². The highest BCUT2D eigenvalue weighted by molar-refractivity contribution is 14.0. The largest absolute Gasteiger partial charge is 0.391 e. The van der Waals surface area contributed by atoms with E-state index in [9.17, 15) is 5.11 Å². The highest BCUT2D eigenvalue weighted by atomic mass is 127. The predicted octanol–water partition coefficient (Wildman–Crippen LogP) is 1.34. The average Bonchev–Trinajstić information content (AvgIpc) is 2.39. The summed E-state index contributed by atoms with van der Waals surface area (Å²) in [4.78, 5) is 4.03. The van der Waals surface area contributed by atoms with Gasteiger partial charge in [0, 0.05) is 13.6 Å². The first-order chi connectivity index (χ1) is 8.27.